The maximum Gasteiger partial charge on any atom is 0.307 e. The zero-order valence-electron chi connectivity index (χ0n) is 14.6. The summed E-state index contributed by atoms with van der Waals surface area (Å²) in [6, 6.07) is 0. The molecule has 0 aliphatic rings. The van der Waals surface area contributed by atoms with Gasteiger partial charge < -0.3 is 15.2 Å². The molecule has 4 nitrogen and oxygen atoms in total. The van der Waals surface area contributed by atoms with Crippen molar-refractivity contribution in [2.75, 3.05) is 26.3 Å². The molecule has 0 heterocycles. The van der Waals surface area contributed by atoms with Gasteiger partial charge in [0, 0.05) is 13.2 Å². The molecule has 0 saturated heterocycles. The summed E-state index contributed by atoms with van der Waals surface area (Å²) < 4.78 is 5.19. The topological polar surface area (TPSA) is 58.6 Å². The zero-order valence-corrected chi connectivity index (χ0v) is 14.6. The average Bonchev–Trinajstić information content (AvgIpc) is 2.52. The largest absolute Gasteiger partial charge is 0.466 e. The fourth-order valence-corrected chi connectivity index (χ4v) is 2.37. The van der Waals surface area contributed by atoms with Gasteiger partial charge in [0.1, 0.15) is 0 Å². The van der Waals surface area contributed by atoms with Crippen LogP contribution < -0.4 is 5.32 Å². The van der Waals surface area contributed by atoms with E-state index >= 15 is 0 Å². The molecule has 0 aliphatic carbocycles. The molecule has 0 aliphatic heterocycles. The number of aliphatic hydroxyl groups excluding tert-OH is 1. The van der Waals surface area contributed by atoms with Gasteiger partial charge in [0.05, 0.1) is 13.0 Å². The van der Waals surface area contributed by atoms with E-state index in [0.29, 0.717) is 19.6 Å². The molecule has 0 saturated carbocycles. The van der Waals surface area contributed by atoms with Crippen LogP contribution in [0.5, 0.6) is 0 Å². The Hall–Kier alpha value is -0.610. The summed E-state index contributed by atoms with van der Waals surface area (Å²) in [6.07, 6.45) is 14.1. The van der Waals surface area contributed by atoms with Crippen LogP contribution in [0.1, 0.15) is 84.0 Å². The smallest absolute Gasteiger partial charge is 0.307 e. The van der Waals surface area contributed by atoms with Gasteiger partial charge in [-0.15, -0.1) is 0 Å². The van der Waals surface area contributed by atoms with Gasteiger partial charge >= 0.3 is 5.97 Å². The van der Waals surface area contributed by atoms with Gasteiger partial charge in [0.15, 0.2) is 0 Å². The lowest BCUT2D eigenvalue weighted by Gasteiger charge is -2.06. The number of unbranched alkanes of at least 4 members (excludes halogenated alkanes) is 9. The monoisotopic (exact) mass is 315 g/mol. The summed E-state index contributed by atoms with van der Waals surface area (Å²) in [5.41, 5.74) is 0. The minimum atomic E-state index is -0.118. The minimum absolute atomic E-state index is 0.118. The first-order valence-corrected chi connectivity index (χ1v) is 9.28. The van der Waals surface area contributed by atoms with Crippen molar-refractivity contribution < 1.29 is 14.6 Å². The van der Waals surface area contributed by atoms with Gasteiger partial charge in [0.2, 0.25) is 0 Å². The van der Waals surface area contributed by atoms with Crippen LogP contribution in [-0.2, 0) is 9.53 Å². The van der Waals surface area contributed by atoms with Gasteiger partial charge in [-0.3, -0.25) is 4.79 Å². The lowest BCUT2D eigenvalue weighted by Crippen LogP contribution is -2.21. The lowest BCUT2D eigenvalue weighted by atomic mass is 10.1. The standard InChI is InChI=1S/C18H37NO3/c1-2-3-4-5-6-7-8-9-10-11-17-22-18(21)13-15-19-14-12-16-20/h19-20H,2-17H2,1H3. The molecule has 0 radical (unpaired) electrons. The van der Waals surface area contributed by atoms with Crippen LogP contribution in [0.15, 0.2) is 0 Å². The summed E-state index contributed by atoms with van der Waals surface area (Å²) >= 11 is 0. The molecular weight excluding hydrogens is 278 g/mol. The van der Waals surface area contributed by atoms with Crippen molar-refractivity contribution in [2.45, 2.75) is 84.0 Å². The molecule has 0 amide bonds. The second kappa shape index (κ2) is 18.4. The van der Waals surface area contributed by atoms with Gasteiger partial charge in [-0.05, 0) is 19.4 Å². The maximum absolute atomic E-state index is 11.4. The van der Waals surface area contributed by atoms with Crippen molar-refractivity contribution >= 4 is 5.97 Å². The number of hydrogen-bond acceptors (Lipinski definition) is 4. The lowest BCUT2D eigenvalue weighted by molar-refractivity contribution is -0.143. The van der Waals surface area contributed by atoms with E-state index in [1.807, 2.05) is 0 Å². The Kier molecular flexibility index (Phi) is 17.9. The highest BCUT2D eigenvalue weighted by atomic mass is 16.5. The second-order valence-corrected chi connectivity index (χ2v) is 5.98. The summed E-state index contributed by atoms with van der Waals surface area (Å²) in [4.78, 5) is 11.4. The Bertz CT molecular complexity index is 234. The van der Waals surface area contributed by atoms with Crippen molar-refractivity contribution in [2.24, 2.45) is 0 Å². The number of carbonyl (C=O) groups is 1. The van der Waals surface area contributed by atoms with E-state index in [-0.39, 0.29) is 12.6 Å². The van der Waals surface area contributed by atoms with Crippen LogP contribution in [0, 0.1) is 0 Å². The number of hydrogen-bond donors (Lipinski definition) is 2. The number of carbonyl (C=O) groups excluding carboxylic acids is 1. The molecule has 0 unspecified atom stereocenters. The molecule has 0 aromatic heterocycles. The Balaban J connectivity index is 3.10. The van der Waals surface area contributed by atoms with E-state index in [0.717, 1.165) is 25.8 Å². The molecule has 0 atom stereocenters. The molecule has 0 bridgehead atoms. The second-order valence-electron chi connectivity index (χ2n) is 5.98. The third-order valence-electron chi connectivity index (χ3n) is 3.78. The molecule has 0 aromatic rings. The van der Waals surface area contributed by atoms with Crippen molar-refractivity contribution in [1.29, 1.82) is 0 Å². The minimum Gasteiger partial charge on any atom is -0.466 e. The third kappa shape index (κ3) is 17.4. The zero-order chi connectivity index (χ0) is 16.3. The van der Waals surface area contributed by atoms with E-state index in [1.54, 1.807) is 0 Å². The SMILES string of the molecule is CCCCCCCCCCCCOC(=O)CCNCCCO. The van der Waals surface area contributed by atoms with E-state index in [2.05, 4.69) is 12.2 Å². The summed E-state index contributed by atoms with van der Waals surface area (Å²) in [6.45, 7) is 4.39. The van der Waals surface area contributed by atoms with Crippen LogP contribution in [-0.4, -0.2) is 37.4 Å². The number of aliphatic hydroxyl groups is 1. The maximum atomic E-state index is 11.4. The first kappa shape index (κ1) is 21.4. The molecule has 22 heavy (non-hydrogen) atoms. The molecule has 2 N–H and O–H groups in total. The fraction of sp³-hybridized carbons (Fsp3) is 0.944. The highest BCUT2D eigenvalue weighted by Crippen LogP contribution is 2.10. The van der Waals surface area contributed by atoms with Crippen LogP contribution in [0.2, 0.25) is 0 Å². The predicted octanol–water partition coefficient (Wildman–Crippen LogP) is 3.81. The fourth-order valence-electron chi connectivity index (χ4n) is 2.37. The number of nitrogens with one attached hydrogen (secondary N) is 1. The Labute approximate surface area is 137 Å². The predicted molar refractivity (Wildman–Crippen MR) is 92.0 cm³/mol. The van der Waals surface area contributed by atoms with Gasteiger partial charge in [-0.1, -0.05) is 64.7 Å². The quantitative estimate of drug-likeness (QED) is 0.316. The van der Waals surface area contributed by atoms with Gasteiger partial charge in [-0.2, -0.15) is 0 Å². The molecular formula is C18H37NO3. The van der Waals surface area contributed by atoms with Crippen LogP contribution in [0.4, 0.5) is 0 Å². The normalized spacial score (nSPS) is 10.8. The van der Waals surface area contributed by atoms with Gasteiger partial charge in [-0.25, -0.2) is 0 Å². The van der Waals surface area contributed by atoms with Crippen molar-refractivity contribution in [1.82, 2.24) is 5.32 Å². The molecule has 0 spiro atoms. The highest BCUT2D eigenvalue weighted by Gasteiger charge is 2.01. The van der Waals surface area contributed by atoms with Crippen LogP contribution in [0.3, 0.4) is 0 Å². The molecule has 132 valence electrons. The Morgan fingerprint density at radius 3 is 2.05 bits per heavy atom. The van der Waals surface area contributed by atoms with E-state index in [1.165, 1.54) is 51.4 Å². The van der Waals surface area contributed by atoms with Crippen molar-refractivity contribution in [3.8, 4) is 0 Å². The van der Waals surface area contributed by atoms with E-state index < -0.39 is 0 Å². The summed E-state index contributed by atoms with van der Waals surface area (Å²) in [5.74, 6) is -0.118. The summed E-state index contributed by atoms with van der Waals surface area (Å²) in [7, 11) is 0. The Morgan fingerprint density at radius 1 is 0.864 bits per heavy atom. The number of ether oxygens (including phenoxy) is 1. The van der Waals surface area contributed by atoms with Crippen LogP contribution in [0.25, 0.3) is 0 Å². The van der Waals surface area contributed by atoms with Crippen molar-refractivity contribution in [3.63, 3.8) is 0 Å². The van der Waals surface area contributed by atoms with E-state index in [4.69, 9.17) is 9.84 Å². The molecule has 0 rings (SSSR count). The molecule has 0 fully saturated rings. The molecule has 0 aromatic carbocycles. The van der Waals surface area contributed by atoms with E-state index in [9.17, 15) is 4.79 Å². The van der Waals surface area contributed by atoms with Gasteiger partial charge in [0.25, 0.3) is 0 Å². The number of rotatable bonds is 17. The first-order chi connectivity index (χ1) is 10.8. The number of esters is 1. The highest BCUT2D eigenvalue weighted by molar-refractivity contribution is 5.69. The summed E-state index contributed by atoms with van der Waals surface area (Å²) in [5, 5.41) is 11.7. The van der Waals surface area contributed by atoms with Crippen molar-refractivity contribution in [3.05, 3.63) is 0 Å². The third-order valence-corrected chi connectivity index (χ3v) is 3.78. The Morgan fingerprint density at radius 2 is 1.45 bits per heavy atom. The molecule has 4 heteroatoms. The average molecular weight is 315 g/mol. The van der Waals surface area contributed by atoms with Crippen LogP contribution >= 0.6 is 0 Å². The first-order valence-electron chi connectivity index (χ1n) is 9.28.